The number of benzene rings is 3. The highest BCUT2D eigenvalue weighted by Gasteiger charge is 2.11. The Labute approximate surface area is 243 Å². The number of hydrogen-bond donors (Lipinski definition) is 0. The molecule has 0 bridgehead atoms. The molecular weight excluding hydrogens is 484 g/mol. The molecule has 0 aromatic heterocycles. The van der Waals surface area contributed by atoms with Crippen molar-refractivity contribution in [1.82, 2.24) is 0 Å². The number of aryl methyl sites for hydroxylation is 2. The Bertz CT molecular complexity index is 1340. The van der Waals surface area contributed by atoms with Crippen molar-refractivity contribution in [2.24, 2.45) is 0 Å². The highest BCUT2D eigenvalue weighted by atomic mass is 15.1. The van der Waals surface area contributed by atoms with Crippen molar-refractivity contribution in [2.45, 2.75) is 47.5 Å². The molecule has 0 aliphatic heterocycles. The van der Waals surface area contributed by atoms with Crippen LogP contribution < -0.4 is 9.80 Å². The van der Waals surface area contributed by atoms with Gasteiger partial charge in [0, 0.05) is 36.0 Å². The van der Waals surface area contributed by atoms with Gasteiger partial charge in [0.25, 0.3) is 0 Å². The highest BCUT2D eigenvalue weighted by Crippen LogP contribution is 2.31. The van der Waals surface area contributed by atoms with Crippen LogP contribution in [-0.4, -0.2) is 7.05 Å². The second-order valence-electron chi connectivity index (χ2n) is 9.81. The van der Waals surface area contributed by atoms with Crippen LogP contribution in [0.15, 0.2) is 128 Å². The maximum atomic E-state index is 4.02. The minimum absolute atomic E-state index is 1.08. The van der Waals surface area contributed by atoms with Gasteiger partial charge in [0.15, 0.2) is 0 Å². The fourth-order valence-corrected chi connectivity index (χ4v) is 4.30. The molecule has 0 N–H and O–H groups in total. The fourth-order valence-electron chi connectivity index (χ4n) is 4.30. The lowest BCUT2D eigenvalue weighted by molar-refractivity contribution is 0.917. The second-order valence-corrected chi connectivity index (χ2v) is 9.81. The van der Waals surface area contributed by atoms with Crippen LogP contribution in [0.2, 0.25) is 0 Å². The molecule has 2 nitrogen and oxygen atoms in total. The zero-order valence-electron chi connectivity index (χ0n) is 25.3. The molecule has 0 saturated heterocycles. The first-order valence-corrected chi connectivity index (χ1v) is 14.0. The van der Waals surface area contributed by atoms with E-state index in [0.29, 0.717) is 0 Å². The molecule has 0 atom stereocenters. The van der Waals surface area contributed by atoms with Crippen molar-refractivity contribution in [3.05, 3.63) is 150 Å². The first-order chi connectivity index (χ1) is 19.3. The molecule has 2 heteroatoms. The number of anilines is 3. The summed E-state index contributed by atoms with van der Waals surface area (Å²) in [5, 5.41) is 0. The average molecular weight is 531 g/mol. The number of rotatable bonds is 11. The summed E-state index contributed by atoms with van der Waals surface area (Å²) < 4.78 is 0. The minimum Gasteiger partial charge on any atom is -0.351 e. The topological polar surface area (TPSA) is 6.48 Å². The standard InChI is InChI=1S/C35H40N2.C3H6/c1-8-14-32-25-28(5)31(26-30(32)10-3)23-24-36(7)33-19-21-35(22-20-33)37(34-15-12-11-13-16-34)29(6)18-17-27(4)9-2;1-3-2/h9-13,15-26H,2-3,8,14H2,1,4-7H3;3H,1H2,2H3/b24-23+,27-17-,29-18+;. The van der Waals surface area contributed by atoms with Crippen LogP contribution in [0, 0.1) is 6.92 Å². The Morgan fingerprint density at radius 2 is 1.43 bits per heavy atom. The van der Waals surface area contributed by atoms with Gasteiger partial charge in [0.2, 0.25) is 0 Å². The summed E-state index contributed by atoms with van der Waals surface area (Å²) in [5.41, 5.74) is 10.7. The molecule has 3 rings (SSSR count). The molecule has 0 radical (unpaired) electrons. The third-order valence-electron chi connectivity index (χ3n) is 6.54. The van der Waals surface area contributed by atoms with Crippen LogP contribution in [0.4, 0.5) is 17.1 Å². The lowest BCUT2D eigenvalue weighted by atomic mass is 9.96. The van der Waals surface area contributed by atoms with E-state index < -0.39 is 0 Å². The molecule has 3 aromatic carbocycles. The molecule has 0 saturated carbocycles. The van der Waals surface area contributed by atoms with Crippen LogP contribution in [0.5, 0.6) is 0 Å². The minimum atomic E-state index is 1.08. The van der Waals surface area contributed by atoms with Crippen LogP contribution in [0.1, 0.15) is 56.4 Å². The summed E-state index contributed by atoms with van der Waals surface area (Å²) in [5.74, 6) is 0. The molecule has 0 heterocycles. The second kappa shape index (κ2) is 16.6. The molecule has 208 valence electrons. The van der Waals surface area contributed by atoms with Gasteiger partial charge in [-0.2, -0.15) is 0 Å². The van der Waals surface area contributed by atoms with Gasteiger partial charge in [0.05, 0.1) is 0 Å². The van der Waals surface area contributed by atoms with Crippen molar-refractivity contribution in [3.8, 4) is 0 Å². The van der Waals surface area contributed by atoms with Gasteiger partial charge in [-0.3, -0.25) is 0 Å². The van der Waals surface area contributed by atoms with Crippen molar-refractivity contribution < 1.29 is 0 Å². The summed E-state index contributed by atoms with van der Waals surface area (Å²) in [7, 11) is 2.09. The highest BCUT2D eigenvalue weighted by molar-refractivity contribution is 5.71. The van der Waals surface area contributed by atoms with E-state index in [0.717, 1.165) is 41.2 Å². The van der Waals surface area contributed by atoms with Crippen LogP contribution >= 0.6 is 0 Å². The lowest BCUT2D eigenvalue weighted by Crippen LogP contribution is -2.14. The van der Waals surface area contributed by atoms with Crippen LogP contribution in [0.25, 0.3) is 12.2 Å². The predicted molar refractivity (Wildman–Crippen MR) is 181 cm³/mol. The van der Waals surface area contributed by atoms with E-state index in [1.807, 2.05) is 25.1 Å². The van der Waals surface area contributed by atoms with Crippen LogP contribution in [-0.2, 0) is 6.42 Å². The zero-order chi connectivity index (χ0) is 29.5. The lowest BCUT2D eigenvalue weighted by Gasteiger charge is -2.26. The first kappa shape index (κ1) is 31.9. The fraction of sp³-hybridized carbons (Fsp3) is 0.211. The molecule has 40 heavy (non-hydrogen) atoms. The van der Waals surface area contributed by atoms with Crippen molar-refractivity contribution in [1.29, 1.82) is 0 Å². The number of nitrogens with zero attached hydrogens (tertiary/aromatic N) is 2. The Morgan fingerprint density at radius 3 is 2.00 bits per heavy atom. The Hall–Kier alpha value is -4.30. The van der Waals surface area contributed by atoms with Gasteiger partial charge >= 0.3 is 0 Å². The smallest absolute Gasteiger partial charge is 0.0459 e. The normalized spacial score (nSPS) is 11.4. The van der Waals surface area contributed by atoms with E-state index >= 15 is 0 Å². The number of para-hydroxylation sites is 1. The third-order valence-corrected chi connectivity index (χ3v) is 6.54. The van der Waals surface area contributed by atoms with Crippen molar-refractivity contribution in [3.63, 3.8) is 0 Å². The van der Waals surface area contributed by atoms with E-state index in [1.54, 1.807) is 6.08 Å². The largest absolute Gasteiger partial charge is 0.351 e. The number of hydrogen-bond acceptors (Lipinski definition) is 2. The molecule has 0 aliphatic carbocycles. The summed E-state index contributed by atoms with van der Waals surface area (Å²) in [6.07, 6.45) is 16.4. The van der Waals surface area contributed by atoms with Gasteiger partial charge < -0.3 is 9.80 Å². The molecule has 0 amide bonds. The first-order valence-electron chi connectivity index (χ1n) is 14.0. The van der Waals surface area contributed by atoms with E-state index in [4.69, 9.17) is 0 Å². The van der Waals surface area contributed by atoms with Gasteiger partial charge in [-0.1, -0.05) is 80.6 Å². The van der Waals surface area contributed by atoms with Gasteiger partial charge in [-0.05, 0) is 111 Å². The summed E-state index contributed by atoms with van der Waals surface area (Å²) in [6, 6.07) is 23.7. The van der Waals surface area contributed by atoms with E-state index in [2.05, 4.69) is 149 Å². The van der Waals surface area contributed by atoms with Crippen molar-refractivity contribution >= 4 is 29.2 Å². The molecule has 0 unspecified atom stereocenters. The maximum absolute atomic E-state index is 4.02. The Morgan fingerprint density at radius 1 is 0.825 bits per heavy atom. The monoisotopic (exact) mass is 530 g/mol. The SMILES string of the molecule is C=C/C(C)=C\C=C(/C)N(c1ccccc1)c1ccc(N(C)/C=C/c2cc(C=C)c(CCC)cc2C)cc1.C=CC. The molecule has 0 spiro atoms. The molecular formula is C38H46N2. The summed E-state index contributed by atoms with van der Waals surface area (Å²) in [4.78, 5) is 4.42. The third kappa shape index (κ3) is 9.17. The van der Waals surface area contributed by atoms with Crippen molar-refractivity contribution in [2.75, 3.05) is 16.8 Å². The summed E-state index contributed by atoms with van der Waals surface area (Å²) >= 11 is 0. The molecule has 0 fully saturated rings. The van der Waals surface area contributed by atoms with Crippen LogP contribution in [0.3, 0.4) is 0 Å². The van der Waals surface area contributed by atoms with E-state index in [1.165, 1.54) is 22.3 Å². The average Bonchev–Trinajstić information content (AvgIpc) is 2.97. The predicted octanol–water partition coefficient (Wildman–Crippen LogP) is 11.1. The molecule has 3 aromatic rings. The maximum Gasteiger partial charge on any atom is 0.0459 e. The van der Waals surface area contributed by atoms with E-state index in [-0.39, 0.29) is 0 Å². The number of allylic oxidation sites excluding steroid dienone is 6. The van der Waals surface area contributed by atoms with Gasteiger partial charge in [-0.15, -0.1) is 6.58 Å². The quantitative estimate of drug-likeness (QED) is 0.180. The Balaban J connectivity index is 0.00000178. The zero-order valence-corrected chi connectivity index (χ0v) is 25.3. The van der Waals surface area contributed by atoms with Gasteiger partial charge in [-0.25, -0.2) is 0 Å². The Kier molecular flexibility index (Phi) is 13.3. The van der Waals surface area contributed by atoms with Gasteiger partial charge in [0.1, 0.15) is 0 Å². The summed E-state index contributed by atoms with van der Waals surface area (Å²) in [6.45, 7) is 21.7. The molecule has 0 aliphatic rings. The van der Waals surface area contributed by atoms with E-state index in [9.17, 15) is 0 Å².